The third kappa shape index (κ3) is 4.56. The molecular formula is C24H38N4O2. The lowest BCUT2D eigenvalue weighted by molar-refractivity contribution is -0.137. The predicted octanol–water partition coefficient (Wildman–Crippen LogP) is 2.56. The fourth-order valence-electron chi connectivity index (χ4n) is 5.93. The van der Waals surface area contributed by atoms with Crippen molar-refractivity contribution in [3.63, 3.8) is 0 Å². The van der Waals surface area contributed by atoms with Gasteiger partial charge in [-0.3, -0.25) is 14.7 Å². The minimum absolute atomic E-state index is 0.293. The number of nitrogens with zero attached hydrogens (tertiary/aromatic N) is 3. The summed E-state index contributed by atoms with van der Waals surface area (Å²) in [5, 5.41) is 13.6. The van der Waals surface area contributed by atoms with Crippen molar-refractivity contribution >= 4 is 12.6 Å². The molecule has 2 saturated carbocycles. The summed E-state index contributed by atoms with van der Waals surface area (Å²) in [5.41, 5.74) is 2.24. The Morgan fingerprint density at radius 2 is 2.03 bits per heavy atom. The van der Waals surface area contributed by atoms with E-state index in [9.17, 15) is 9.90 Å². The molecule has 1 spiro atoms. The molecule has 0 bridgehead atoms. The normalized spacial score (nSPS) is 35.5. The quantitative estimate of drug-likeness (QED) is 0.629. The van der Waals surface area contributed by atoms with Crippen LogP contribution < -0.4 is 5.32 Å². The molecule has 2 heterocycles. The molecule has 4 fully saturated rings. The zero-order chi connectivity index (χ0) is 21.5. The molecule has 4 aliphatic rings. The van der Waals surface area contributed by atoms with Crippen LogP contribution in [0.5, 0.6) is 0 Å². The van der Waals surface area contributed by atoms with E-state index in [-0.39, 0.29) is 0 Å². The molecule has 2 saturated heterocycles. The van der Waals surface area contributed by atoms with Gasteiger partial charge in [0.1, 0.15) is 0 Å². The van der Waals surface area contributed by atoms with Crippen molar-refractivity contribution in [3.05, 3.63) is 23.9 Å². The van der Waals surface area contributed by atoms with Gasteiger partial charge in [0, 0.05) is 38.8 Å². The van der Waals surface area contributed by atoms with E-state index in [0.717, 1.165) is 69.9 Å². The second-order valence-corrected chi connectivity index (χ2v) is 10.5. The zero-order valence-corrected chi connectivity index (χ0v) is 18.7. The number of aliphatic hydroxyl groups is 1. The highest BCUT2D eigenvalue weighted by Crippen LogP contribution is 2.59. The molecule has 2 N–H and O–H groups in total. The van der Waals surface area contributed by atoms with Crippen molar-refractivity contribution in [1.82, 2.24) is 15.1 Å². The van der Waals surface area contributed by atoms with Crippen molar-refractivity contribution in [2.45, 2.75) is 64.1 Å². The van der Waals surface area contributed by atoms with Crippen LogP contribution in [0.2, 0.25) is 0 Å². The summed E-state index contributed by atoms with van der Waals surface area (Å²) in [5.74, 6) is 1.40. The highest BCUT2D eigenvalue weighted by molar-refractivity contribution is 5.76. The molecule has 4 rings (SSSR count). The van der Waals surface area contributed by atoms with Crippen molar-refractivity contribution in [3.8, 4) is 0 Å². The fraction of sp³-hybridized carbons (Fsp3) is 0.750. The first kappa shape index (κ1) is 21.7. The second-order valence-electron chi connectivity index (χ2n) is 10.5. The number of carbonyl (C=O) groups excluding carboxylic acids is 1. The zero-order valence-electron chi connectivity index (χ0n) is 18.7. The lowest BCUT2D eigenvalue weighted by Crippen LogP contribution is -2.46. The van der Waals surface area contributed by atoms with Gasteiger partial charge in [0.05, 0.1) is 11.8 Å². The van der Waals surface area contributed by atoms with Crippen LogP contribution >= 0.6 is 0 Å². The van der Waals surface area contributed by atoms with Gasteiger partial charge in [0.25, 0.3) is 0 Å². The third-order valence-electron chi connectivity index (χ3n) is 8.07. The van der Waals surface area contributed by atoms with Gasteiger partial charge in [-0.05, 0) is 87.6 Å². The number of likely N-dealkylation sites (tertiary alicyclic amines) is 2. The minimum atomic E-state index is -0.537. The van der Waals surface area contributed by atoms with Crippen LogP contribution in [-0.2, 0) is 4.79 Å². The molecule has 166 valence electrons. The first-order valence-corrected chi connectivity index (χ1v) is 11.5. The highest BCUT2D eigenvalue weighted by Gasteiger charge is 2.54. The number of hydrogen-bond acceptors (Lipinski definition) is 5. The topological polar surface area (TPSA) is 68.2 Å². The average molecular weight is 415 g/mol. The summed E-state index contributed by atoms with van der Waals surface area (Å²) in [6.45, 7) is 16.4. The number of nitrogens with one attached hydrogen (secondary N) is 1. The molecule has 1 amide bonds. The first-order valence-electron chi connectivity index (χ1n) is 11.5. The summed E-state index contributed by atoms with van der Waals surface area (Å²) in [7, 11) is 0. The Labute approximate surface area is 181 Å². The monoisotopic (exact) mass is 414 g/mol. The molecule has 0 aromatic rings. The molecule has 0 aromatic heterocycles. The summed E-state index contributed by atoms with van der Waals surface area (Å²) in [6, 6.07) is 0. The molecule has 2 aliphatic heterocycles. The van der Waals surface area contributed by atoms with Crippen molar-refractivity contribution < 1.29 is 9.90 Å². The van der Waals surface area contributed by atoms with Crippen LogP contribution in [0.1, 0.15) is 52.4 Å². The molecule has 2 aliphatic carbocycles. The van der Waals surface area contributed by atoms with Gasteiger partial charge in [-0.15, -0.1) is 0 Å². The number of carbonyl (C=O) groups is 1. The van der Waals surface area contributed by atoms with Crippen LogP contribution in [0.15, 0.2) is 28.9 Å². The van der Waals surface area contributed by atoms with Crippen molar-refractivity contribution in [2.75, 3.05) is 32.7 Å². The number of rotatable bonds is 7. The summed E-state index contributed by atoms with van der Waals surface area (Å²) in [4.78, 5) is 21.0. The Kier molecular flexibility index (Phi) is 5.94. The van der Waals surface area contributed by atoms with Crippen LogP contribution in [0.3, 0.4) is 0 Å². The molecule has 0 radical (unpaired) electrons. The number of piperidine rings is 1. The maximum absolute atomic E-state index is 12.6. The average Bonchev–Trinajstić information content (AvgIpc) is 3.21. The predicted molar refractivity (Wildman–Crippen MR) is 120 cm³/mol. The van der Waals surface area contributed by atoms with E-state index in [1.54, 1.807) is 0 Å². The van der Waals surface area contributed by atoms with Gasteiger partial charge in [0.2, 0.25) is 5.91 Å². The molecule has 0 aromatic carbocycles. The Balaban J connectivity index is 1.17. The van der Waals surface area contributed by atoms with Gasteiger partial charge in [-0.2, -0.15) is 0 Å². The van der Waals surface area contributed by atoms with E-state index in [1.807, 2.05) is 13.1 Å². The fourth-order valence-corrected chi connectivity index (χ4v) is 5.93. The molecule has 30 heavy (non-hydrogen) atoms. The maximum atomic E-state index is 12.6. The molecule has 6 nitrogen and oxygen atoms in total. The Bertz CT molecular complexity index is 727. The van der Waals surface area contributed by atoms with E-state index in [4.69, 9.17) is 0 Å². The van der Waals surface area contributed by atoms with Crippen molar-refractivity contribution in [1.29, 1.82) is 0 Å². The number of amides is 1. The van der Waals surface area contributed by atoms with E-state index >= 15 is 0 Å². The summed E-state index contributed by atoms with van der Waals surface area (Å²) in [6.07, 6.45) is 7.87. The van der Waals surface area contributed by atoms with Gasteiger partial charge in [0.15, 0.2) is 0 Å². The largest absolute Gasteiger partial charge is 0.390 e. The van der Waals surface area contributed by atoms with Gasteiger partial charge in [-0.1, -0.05) is 6.58 Å². The highest BCUT2D eigenvalue weighted by atomic mass is 16.3. The molecule has 6 heteroatoms. The van der Waals surface area contributed by atoms with Crippen molar-refractivity contribution in [2.24, 2.45) is 22.2 Å². The van der Waals surface area contributed by atoms with E-state index in [0.29, 0.717) is 29.8 Å². The lowest BCUT2D eigenvalue weighted by atomic mass is 9.70. The van der Waals surface area contributed by atoms with Crippen LogP contribution in [0, 0.1) is 17.3 Å². The smallest absolute Gasteiger partial charge is 0.222 e. The van der Waals surface area contributed by atoms with E-state index in [1.165, 1.54) is 12.0 Å². The second kappa shape index (κ2) is 8.21. The molecular weight excluding hydrogens is 376 g/mol. The lowest BCUT2D eigenvalue weighted by Gasteiger charge is -2.42. The number of aliphatic imine (C=N–C) groups is 1. The van der Waals surface area contributed by atoms with E-state index in [2.05, 4.69) is 40.3 Å². The van der Waals surface area contributed by atoms with Crippen LogP contribution in [-0.4, -0.2) is 72.0 Å². The molecule has 2 atom stereocenters. The Morgan fingerprint density at radius 1 is 1.33 bits per heavy atom. The standard InChI is InChI=1S/C24H38N4O2/c1-17-15-28(16-20(17)13-25-4)18(2)26-14-21-12-24(21)5-7-27(8-6-24)22(29)9-19-10-23(3,30)11-19/h13,18-19,21,26,30H,1,4-12,14-16H2,2-3H3/b20-13-. The number of hydrogen-bond donors (Lipinski definition) is 2. The van der Waals surface area contributed by atoms with Gasteiger partial charge in [-0.25, -0.2) is 0 Å². The minimum Gasteiger partial charge on any atom is -0.390 e. The Hall–Kier alpha value is -1.50. The van der Waals surface area contributed by atoms with Gasteiger partial charge >= 0.3 is 0 Å². The summed E-state index contributed by atoms with van der Waals surface area (Å²) < 4.78 is 0. The summed E-state index contributed by atoms with van der Waals surface area (Å²) >= 11 is 0. The Morgan fingerprint density at radius 3 is 2.67 bits per heavy atom. The first-order chi connectivity index (χ1) is 14.2. The van der Waals surface area contributed by atoms with Gasteiger partial charge < -0.3 is 15.3 Å². The molecule has 2 unspecified atom stereocenters. The van der Waals surface area contributed by atoms with E-state index < -0.39 is 5.60 Å². The van der Waals surface area contributed by atoms with Crippen LogP contribution in [0.4, 0.5) is 0 Å². The SMILES string of the molecule is C=N/C=C1/CN(C(C)NCC2CC23CCN(C(=O)CC2CC(C)(O)C2)CC3)CC1=C. The van der Waals surface area contributed by atoms with Crippen LogP contribution in [0.25, 0.3) is 0 Å². The maximum Gasteiger partial charge on any atom is 0.222 e. The third-order valence-corrected chi connectivity index (χ3v) is 8.07.